The Morgan fingerprint density at radius 2 is 2.20 bits per heavy atom. The van der Waals surface area contributed by atoms with Crippen LogP contribution in [0.1, 0.15) is 32.4 Å². The Morgan fingerprint density at radius 1 is 1.44 bits per heavy atom. The third kappa shape index (κ3) is 3.47. The molecule has 2 heterocycles. The number of rotatable bonds is 6. The third-order valence-electron chi connectivity index (χ3n) is 4.06. The van der Waals surface area contributed by atoms with Crippen molar-refractivity contribution < 1.29 is 19.4 Å². The van der Waals surface area contributed by atoms with Crippen LogP contribution in [0.15, 0.2) is 35.3 Å². The molecule has 130 valence electrons. The molecule has 25 heavy (non-hydrogen) atoms. The van der Waals surface area contributed by atoms with Gasteiger partial charge in [-0.2, -0.15) is 4.99 Å². The number of hydrogen-bond acceptors (Lipinski definition) is 7. The highest BCUT2D eigenvalue weighted by Crippen LogP contribution is 2.43. The van der Waals surface area contributed by atoms with E-state index < -0.39 is 12.0 Å². The first-order valence-corrected chi connectivity index (χ1v) is 8.53. The molecule has 0 radical (unpaired) electrons. The lowest BCUT2D eigenvalue weighted by atomic mass is 9.93. The Balaban J connectivity index is 1.98. The van der Waals surface area contributed by atoms with Crippen LogP contribution in [0.25, 0.3) is 0 Å². The molecule has 0 saturated carbocycles. The molecule has 2 atom stereocenters. The molecule has 0 aliphatic carbocycles. The average molecular weight is 359 g/mol. The fourth-order valence-corrected chi connectivity index (χ4v) is 4.03. The van der Waals surface area contributed by atoms with Crippen molar-refractivity contribution in [3.8, 4) is 5.06 Å². The highest BCUT2D eigenvalue weighted by molar-refractivity contribution is 7.14. The molecule has 0 bridgehead atoms. The summed E-state index contributed by atoms with van der Waals surface area (Å²) in [5, 5.41) is 13.2. The lowest BCUT2D eigenvalue weighted by molar-refractivity contribution is 0.0690. The number of fused-ring (bicyclic) bond motifs is 1. The van der Waals surface area contributed by atoms with Crippen molar-refractivity contribution >= 4 is 23.4 Å². The zero-order valence-electron chi connectivity index (χ0n) is 13.3. The molecule has 1 unspecified atom stereocenters. The summed E-state index contributed by atoms with van der Waals surface area (Å²) in [6, 6.07) is 8.49. The number of thiophene rings is 1. The van der Waals surface area contributed by atoms with Gasteiger partial charge < -0.3 is 20.9 Å². The predicted molar refractivity (Wildman–Crippen MR) is 92.6 cm³/mol. The zero-order valence-corrected chi connectivity index (χ0v) is 14.1. The number of benzene rings is 1. The SMILES string of the molecule is NC[C@@H]1NCc2sc(OCc3ccccc3)c(C(=O)O)c2C1N=C=O. The Hall–Kier alpha value is -2.51. The molecule has 2 aromatic rings. The van der Waals surface area contributed by atoms with Crippen molar-refractivity contribution in [2.75, 3.05) is 6.54 Å². The van der Waals surface area contributed by atoms with E-state index in [0.717, 1.165) is 10.4 Å². The van der Waals surface area contributed by atoms with Gasteiger partial charge in [-0.1, -0.05) is 30.3 Å². The van der Waals surface area contributed by atoms with Crippen LogP contribution in [0.2, 0.25) is 0 Å². The number of nitrogens with two attached hydrogens (primary N) is 1. The van der Waals surface area contributed by atoms with Crippen molar-refractivity contribution in [3.63, 3.8) is 0 Å². The van der Waals surface area contributed by atoms with E-state index in [0.29, 0.717) is 17.2 Å². The normalized spacial score (nSPS) is 18.9. The maximum absolute atomic E-state index is 11.8. The standard InChI is InChI=1S/C17H17N3O4S/c18-6-11-15(20-9-21)13-12(7-19-11)25-17(14(13)16(22)23)24-8-10-4-2-1-3-5-10/h1-5,11,15,19H,6-8,18H2,(H,22,23)/t11-,15?/m0/s1. The Bertz CT molecular complexity index is 815. The van der Waals surface area contributed by atoms with Crippen LogP contribution < -0.4 is 15.8 Å². The number of hydrogen-bond donors (Lipinski definition) is 3. The second-order valence-electron chi connectivity index (χ2n) is 5.57. The van der Waals surface area contributed by atoms with Crippen LogP contribution in [0.3, 0.4) is 0 Å². The minimum Gasteiger partial charge on any atom is -0.478 e. The summed E-state index contributed by atoms with van der Waals surface area (Å²) < 4.78 is 5.77. The molecule has 8 heteroatoms. The van der Waals surface area contributed by atoms with E-state index in [1.54, 1.807) is 0 Å². The van der Waals surface area contributed by atoms with E-state index in [-0.39, 0.29) is 24.8 Å². The van der Waals surface area contributed by atoms with E-state index in [4.69, 9.17) is 10.5 Å². The molecule has 1 aliphatic rings. The number of nitrogens with zero attached hydrogens (tertiary/aromatic N) is 1. The first kappa shape index (κ1) is 17.3. The summed E-state index contributed by atoms with van der Waals surface area (Å²) in [5.74, 6) is -1.11. The van der Waals surface area contributed by atoms with Gasteiger partial charge in [0.05, 0.1) is 0 Å². The van der Waals surface area contributed by atoms with Crippen LogP contribution in [-0.4, -0.2) is 29.7 Å². The maximum atomic E-state index is 11.8. The predicted octanol–water partition coefficient (Wildman–Crippen LogP) is 1.83. The lowest BCUT2D eigenvalue weighted by Crippen LogP contribution is -2.43. The van der Waals surface area contributed by atoms with Gasteiger partial charge in [-0.3, -0.25) is 0 Å². The first-order valence-electron chi connectivity index (χ1n) is 7.71. The number of aromatic carboxylic acids is 1. The summed E-state index contributed by atoms with van der Waals surface area (Å²) in [6.07, 6.45) is 1.53. The number of carbonyl (C=O) groups is 1. The van der Waals surface area contributed by atoms with E-state index in [1.807, 2.05) is 30.3 Å². The van der Waals surface area contributed by atoms with Crippen LogP contribution >= 0.6 is 11.3 Å². The van der Waals surface area contributed by atoms with Gasteiger partial charge in [0.1, 0.15) is 18.2 Å². The fraction of sp³-hybridized carbons (Fsp3) is 0.294. The lowest BCUT2D eigenvalue weighted by Gasteiger charge is -2.28. The summed E-state index contributed by atoms with van der Waals surface area (Å²) in [7, 11) is 0. The molecule has 7 nitrogen and oxygen atoms in total. The number of carbonyl (C=O) groups excluding carboxylic acids is 1. The van der Waals surface area contributed by atoms with E-state index >= 15 is 0 Å². The van der Waals surface area contributed by atoms with E-state index in [9.17, 15) is 14.7 Å². The van der Waals surface area contributed by atoms with Crippen LogP contribution in [-0.2, 0) is 17.9 Å². The second kappa shape index (κ2) is 7.58. The van der Waals surface area contributed by atoms with Gasteiger partial charge in [0.25, 0.3) is 0 Å². The van der Waals surface area contributed by atoms with Crippen molar-refractivity contribution in [3.05, 3.63) is 51.9 Å². The van der Waals surface area contributed by atoms with Gasteiger partial charge in [-0.05, 0) is 5.56 Å². The monoisotopic (exact) mass is 359 g/mol. The van der Waals surface area contributed by atoms with Gasteiger partial charge in [0, 0.05) is 29.6 Å². The van der Waals surface area contributed by atoms with Gasteiger partial charge in [-0.25, -0.2) is 9.59 Å². The highest BCUT2D eigenvalue weighted by atomic mass is 32.1. The van der Waals surface area contributed by atoms with Gasteiger partial charge in [0.15, 0.2) is 5.06 Å². The first-order chi connectivity index (χ1) is 12.2. The Labute approximate surface area is 148 Å². The highest BCUT2D eigenvalue weighted by Gasteiger charge is 2.37. The van der Waals surface area contributed by atoms with Gasteiger partial charge in [0.2, 0.25) is 6.08 Å². The molecule has 1 aliphatic heterocycles. The summed E-state index contributed by atoms with van der Waals surface area (Å²) >= 11 is 1.26. The molecule has 4 N–H and O–H groups in total. The molecule has 0 amide bonds. The quantitative estimate of drug-likeness (QED) is 0.536. The molecule has 0 spiro atoms. The largest absolute Gasteiger partial charge is 0.478 e. The van der Waals surface area contributed by atoms with Crippen LogP contribution in [0.5, 0.6) is 5.06 Å². The fourth-order valence-electron chi connectivity index (χ4n) is 2.90. The van der Waals surface area contributed by atoms with Crippen LogP contribution in [0.4, 0.5) is 0 Å². The maximum Gasteiger partial charge on any atom is 0.340 e. The molecule has 1 aromatic heterocycles. The second-order valence-corrected chi connectivity index (χ2v) is 6.64. The molecular formula is C17H17N3O4S. The third-order valence-corrected chi connectivity index (χ3v) is 5.18. The van der Waals surface area contributed by atoms with Crippen LogP contribution in [0, 0.1) is 0 Å². The molecule has 0 saturated heterocycles. The van der Waals surface area contributed by atoms with Crippen molar-refractivity contribution in [2.45, 2.75) is 25.2 Å². The Kier molecular flexibility index (Phi) is 5.25. The van der Waals surface area contributed by atoms with Crippen molar-refractivity contribution in [1.82, 2.24) is 5.32 Å². The summed E-state index contributed by atoms with van der Waals surface area (Å²) in [6.45, 7) is 0.946. The molecule has 3 rings (SSSR count). The van der Waals surface area contributed by atoms with Gasteiger partial charge in [-0.15, -0.1) is 11.3 Å². The summed E-state index contributed by atoms with van der Waals surface area (Å²) in [4.78, 5) is 27.2. The average Bonchev–Trinajstić information content (AvgIpc) is 3.00. The zero-order chi connectivity index (χ0) is 17.8. The topological polar surface area (TPSA) is 114 Å². The van der Waals surface area contributed by atoms with E-state index in [1.165, 1.54) is 17.4 Å². The Morgan fingerprint density at radius 3 is 2.84 bits per heavy atom. The minimum atomic E-state index is -1.11. The molecular weight excluding hydrogens is 342 g/mol. The number of carboxylic acids is 1. The van der Waals surface area contributed by atoms with Crippen molar-refractivity contribution in [2.24, 2.45) is 10.7 Å². The summed E-state index contributed by atoms with van der Waals surface area (Å²) in [5.41, 5.74) is 7.21. The minimum absolute atomic E-state index is 0.0554. The number of ether oxygens (including phenoxy) is 1. The van der Waals surface area contributed by atoms with Crippen molar-refractivity contribution in [1.29, 1.82) is 0 Å². The number of nitrogens with one attached hydrogen (secondary N) is 1. The van der Waals surface area contributed by atoms with Gasteiger partial charge >= 0.3 is 5.97 Å². The molecule has 0 fully saturated rings. The number of aliphatic imine (C=N–C) groups is 1. The van der Waals surface area contributed by atoms with E-state index in [2.05, 4.69) is 10.3 Å². The number of isocyanates is 1. The molecule has 1 aromatic carbocycles. The number of carboxylic acid groups (broad SMARTS) is 1. The smallest absolute Gasteiger partial charge is 0.340 e.